The van der Waals surface area contributed by atoms with E-state index in [1.54, 1.807) is 32.4 Å². The summed E-state index contributed by atoms with van der Waals surface area (Å²) in [6.45, 7) is 5.79. The summed E-state index contributed by atoms with van der Waals surface area (Å²) in [5.41, 5.74) is 1.75. The Morgan fingerprint density at radius 2 is 1.73 bits per heavy atom. The van der Waals surface area contributed by atoms with E-state index in [0.717, 1.165) is 50.7 Å². The first kappa shape index (κ1) is 22.8. The van der Waals surface area contributed by atoms with Crippen LogP contribution in [0.25, 0.3) is 11.4 Å². The fraction of sp³-hybridized carbons (Fsp3) is 0.360. The Morgan fingerprint density at radius 1 is 0.970 bits per heavy atom. The highest BCUT2D eigenvalue weighted by Crippen LogP contribution is 2.28. The van der Waals surface area contributed by atoms with E-state index in [1.807, 2.05) is 30.6 Å². The van der Waals surface area contributed by atoms with E-state index in [2.05, 4.69) is 36.8 Å². The number of anilines is 1. The van der Waals surface area contributed by atoms with E-state index in [4.69, 9.17) is 9.47 Å². The SMILES string of the molecule is COc1ccc(OC)c(NC(=O)CN2CCN(CCn3ccnc3-c3ccccc3)CC2)c1. The van der Waals surface area contributed by atoms with Gasteiger partial charge in [0, 0.05) is 63.3 Å². The Bertz CT molecular complexity index is 1050. The highest BCUT2D eigenvalue weighted by atomic mass is 16.5. The number of amides is 1. The molecule has 2 aromatic carbocycles. The number of nitrogens with zero attached hydrogens (tertiary/aromatic N) is 4. The van der Waals surface area contributed by atoms with Gasteiger partial charge in [-0.1, -0.05) is 30.3 Å². The van der Waals surface area contributed by atoms with Crippen molar-refractivity contribution in [2.45, 2.75) is 6.54 Å². The van der Waals surface area contributed by atoms with Crippen molar-refractivity contribution in [1.29, 1.82) is 0 Å². The van der Waals surface area contributed by atoms with E-state index >= 15 is 0 Å². The van der Waals surface area contributed by atoms with E-state index in [1.165, 1.54) is 0 Å². The topological polar surface area (TPSA) is 71.9 Å². The maximum atomic E-state index is 12.6. The fourth-order valence-electron chi connectivity index (χ4n) is 4.06. The number of benzene rings is 2. The number of hydrogen-bond donors (Lipinski definition) is 1. The minimum absolute atomic E-state index is 0.0547. The molecular formula is C25H31N5O3. The molecular weight excluding hydrogens is 418 g/mol. The lowest BCUT2D eigenvalue weighted by molar-refractivity contribution is -0.117. The van der Waals surface area contributed by atoms with Crippen LogP contribution in [0, 0.1) is 0 Å². The Labute approximate surface area is 194 Å². The molecule has 1 aliphatic heterocycles. The second-order valence-corrected chi connectivity index (χ2v) is 8.04. The molecule has 4 rings (SSSR count). The molecule has 1 aromatic heterocycles. The van der Waals surface area contributed by atoms with Crippen molar-refractivity contribution in [2.75, 3.05) is 58.8 Å². The van der Waals surface area contributed by atoms with Gasteiger partial charge >= 0.3 is 0 Å². The van der Waals surface area contributed by atoms with Crippen molar-refractivity contribution in [3.63, 3.8) is 0 Å². The lowest BCUT2D eigenvalue weighted by atomic mass is 10.2. The van der Waals surface area contributed by atoms with Gasteiger partial charge in [-0.25, -0.2) is 4.98 Å². The van der Waals surface area contributed by atoms with E-state index < -0.39 is 0 Å². The summed E-state index contributed by atoms with van der Waals surface area (Å²) in [7, 11) is 3.19. The van der Waals surface area contributed by atoms with Crippen LogP contribution in [0.1, 0.15) is 0 Å². The normalized spacial score (nSPS) is 14.7. The average Bonchev–Trinajstić information content (AvgIpc) is 3.33. The maximum absolute atomic E-state index is 12.6. The van der Waals surface area contributed by atoms with Gasteiger partial charge in [0.2, 0.25) is 5.91 Å². The molecule has 3 aromatic rings. The van der Waals surface area contributed by atoms with Gasteiger partial charge in [-0.3, -0.25) is 14.6 Å². The van der Waals surface area contributed by atoms with Crippen molar-refractivity contribution in [3.05, 3.63) is 60.9 Å². The van der Waals surface area contributed by atoms with Crippen molar-refractivity contribution in [1.82, 2.24) is 19.4 Å². The summed E-state index contributed by atoms with van der Waals surface area (Å²) < 4.78 is 12.8. The van der Waals surface area contributed by atoms with Crippen LogP contribution in [0.15, 0.2) is 60.9 Å². The summed E-state index contributed by atoms with van der Waals surface area (Å²) in [5, 5.41) is 2.95. The number of rotatable bonds is 9. The van der Waals surface area contributed by atoms with Gasteiger partial charge in [-0.15, -0.1) is 0 Å². The third kappa shape index (κ3) is 5.91. The number of aromatic nitrogens is 2. The molecule has 8 heteroatoms. The predicted octanol–water partition coefficient (Wildman–Crippen LogP) is 2.82. The lowest BCUT2D eigenvalue weighted by Crippen LogP contribution is -2.49. The zero-order valence-electron chi connectivity index (χ0n) is 19.2. The summed E-state index contributed by atoms with van der Waals surface area (Å²) >= 11 is 0. The quantitative estimate of drug-likeness (QED) is 0.542. The van der Waals surface area contributed by atoms with Crippen LogP contribution in [0.2, 0.25) is 0 Å². The highest BCUT2D eigenvalue weighted by Gasteiger charge is 2.20. The van der Waals surface area contributed by atoms with Crippen LogP contribution in [0.4, 0.5) is 5.69 Å². The number of nitrogens with one attached hydrogen (secondary N) is 1. The van der Waals surface area contributed by atoms with Gasteiger partial charge in [-0.2, -0.15) is 0 Å². The minimum atomic E-state index is -0.0547. The average molecular weight is 450 g/mol. The molecule has 1 saturated heterocycles. The Balaban J connectivity index is 1.24. The van der Waals surface area contributed by atoms with Crippen LogP contribution in [0.3, 0.4) is 0 Å². The van der Waals surface area contributed by atoms with Gasteiger partial charge in [0.15, 0.2) is 0 Å². The molecule has 0 radical (unpaired) electrons. The van der Waals surface area contributed by atoms with Crippen molar-refractivity contribution < 1.29 is 14.3 Å². The number of hydrogen-bond acceptors (Lipinski definition) is 6. The van der Waals surface area contributed by atoms with Crippen molar-refractivity contribution in [2.24, 2.45) is 0 Å². The second kappa shape index (κ2) is 11.0. The zero-order valence-corrected chi connectivity index (χ0v) is 19.2. The van der Waals surface area contributed by atoms with E-state index in [9.17, 15) is 4.79 Å². The van der Waals surface area contributed by atoms with Gasteiger partial charge in [0.25, 0.3) is 0 Å². The van der Waals surface area contributed by atoms with E-state index in [0.29, 0.717) is 23.7 Å². The molecule has 1 amide bonds. The number of piperazine rings is 1. The van der Waals surface area contributed by atoms with Crippen LogP contribution >= 0.6 is 0 Å². The molecule has 1 aliphatic rings. The summed E-state index contributed by atoms with van der Waals surface area (Å²) in [6.07, 6.45) is 3.89. The predicted molar refractivity (Wildman–Crippen MR) is 129 cm³/mol. The Hall–Kier alpha value is -3.36. The molecule has 1 fully saturated rings. The summed E-state index contributed by atoms with van der Waals surface area (Å²) in [4.78, 5) is 21.8. The van der Waals surface area contributed by atoms with Gasteiger partial charge in [0.05, 0.1) is 26.5 Å². The molecule has 0 unspecified atom stereocenters. The standard InChI is InChI=1S/C25H31N5O3/c1-32-21-8-9-23(33-2)22(18-21)27-24(31)19-29-14-12-28(13-15-29)16-17-30-11-10-26-25(30)20-6-4-3-5-7-20/h3-11,18H,12-17,19H2,1-2H3,(H,27,31). The number of methoxy groups -OCH3 is 2. The van der Waals surface area contributed by atoms with Crippen LogP contribution in [-0.2, 0) is 11.3 Å². The highest BCUT2D eigenvalue weighted by molar-refractivity contribution is 5.94. The maximum Gasteiger partial charge on any atom is 0.238 e. The molecule has 0 bridgehead atoms. The lowest BCUT2D eigenvalue weighted by Gasteiger charge is -2.34. The van der Waals surface area contributed by atoms with Gasteiger partial charge < -0.3 is 19.4 Å². The molecule has 2 heterocycles. The number of carbonyl (C=O) groups is 1. The van der Waals surface area contributed by atoms with Crippen LogP contribution in [-0.4, -0.2) is 78.7 Å². The molecule has 1 N–H and O–H groups in total. The largest absolute Gasteiger partial charge is 0.497 e. The molecule has 0 saturated carbocycles. The molecule has 174 valence electrons. The Morgan fingerprint density at radius 3 is 2.45 bits per heavy atom. The number of ether oxygens (including phenoxy) is 2. The van der Waals surface area contributed by atoms with Crippen LogP contribution in [0.5, 0.6) is 11.5 Å². The third-order valence-corrected chi connectivity index (χ3v) is 5.92. The first-order chi connectivity index (χ1) is 16.2. The van der Waals surface area contributed by atoms with Crippen molar-refractivity contribution in [3.8, 4) is 22.9 Å². The number of imidazole rings is 1. The smallest absolute Gasteiger partial charge is 0.238 e. The Kier molecular flexibility index (Phi) is 7.59. The monoisotopic (exact) mass is 449 g/mol. The number of carbonyl (C=O) groups excluding carboxylic acids is 1. The molecule has 33 heavy (non-hydrogen) atoms. The minimum Gasteiger partial charge on any atom is -0.497 e. The van der Waals surface area contributed by atoms with E-state index in [-0.39, 0.29) is 5.91 Å². The molecule has 0 aliphatic carbocycles. The molecule has 8 nitrogen and oxygen atoms in total. The third-order valence-electron chi connectivity index (χ3n) is 5.92. The van der Waals surface area contributed by atoms with Gasteiger partial charge in [-0.05, 0) is 12.1 Å². The zero-order chi connectivity index (χ0) is 23.0. The second-order valence-electron chi connectivity index (χ2n) is 8.04. The first-order valence-corrected chi connectivity index (χ1v) is 11.2. The fourth-order valence-corrected chi connectivity index (χ4v) is 4.06. The molecule has 0 atom stereocenters. The summed E-state index contributed by atoms with van der Waals surface area (Å²) in [6, 6.07) is 15.6. The first-order valence-electron chi connectivity index (χ1n) is 11.2. The molecule has 0 spiro atoms. The van der Waals surface area contributed by atoms with Gasteiger partial charge in [0.1, 0.15) is 17.3 Å². The van der Waals surface area contributed by atoms with Crippen LogP contribution < -0.4 is 14.8 Å². The van der Waals surface area contributed by atoms with Crippen molar-refractivity contribution >= 4 is 11.6 Å². The summed E-state index contributed by atoms with van der Waals surface area (Å²) in [5.74, 6) is 2.23.